The molecule has 13 heteroatoms. The lowest BCUT2D eigenvalue weighted by atomic mass is 10.1. The van der Waals surface area contributed by atoms with E-state index in [-0.39, 0.29) is 18.9 Å². The first-order chi connectivity index (χ1) is 17.6. The second-order valence-corrected chi connectivity index (χ2v) is 8.03. The molecule has 0 aliphatic carbocycles. The molecule has 1 aromatic rings. The Balaban J connectivity index is 1.84. The van der Waals surface area contributed by atoms with Crippen molar-refractivity contribution in [1.82, 2.24) is 31.5 Å². The first-order valence-electron chi connectivity index (χ1n) is 11.6. The SMILES string of the molecule is CCNC(=O)CNC(=O)[C@H](Cc1ccccc1)NC(=O)CNC(=O)CNC(=O)C(C)N1C(=O)C=CC1=O. The number of nitrogens with one attached hydrogen (secondary N) is 5. The maximum atomic E-state index is 12.6. The van der Waals surface area contributed by atoms with Gasteiger partial charge in [-0.2, -0.15) is 0 Å². The van der Waals surface area contributed by atoms with Crippen LogP contribution in [0.15, 0.2) is 42.5 Å². The van der Waals surface area contributed by atoms with E-state index in [4.69, 9.17) is 0 Å². The Hall–Kier alpha value is -4.55. The number of carbonyl (C=O) groups excluding carboxylic acids is 7. The number of benzene rings is 1. The molecule has 1 unspecified atom stereocenters. The van der Waals surface area contributed by atoms with Gasteiger partial charge in [-0.3, -0.25) is 38.5 Å². The van der Waals surface area contributed by atoms with Crippen LogP contribution in [0.3, 0.4) is 0 Å². The molecule has 1 aliphatic rings. The lowest BCUT2D eigenvalue weighted by Gasteiger charge is -2.21. The maximum Gasteiger partial charge on any atom is 0.254 e. The van der Waals surface area contributed by atoms with Gasteiger partial charge < -0.3 is 26.6 Å². The molecule has 2 rings (SSSR count). The fraction of sp³-hybridized carbons (Fsp3) is 0.375. The lowest BCUT2D eigenvalue weighted by Crippen LogP contribution is -2.53. The van der Waals surface area contributed by atoms with Crippen LogP contribution in [-0.4, -0.2) is 84.5 Å². The van der Waals surface area contributed by atoms with E-state index < -0.39 is 60.6 Å². The Bertz CT molecular complexity index is 1050. The van der Waals surface area contributed by atoms with Gasteiger partial charge in [0.1, 0.15) is 12.1 Å². The molecule has 13 nitrogen and oxygen atoms in total. The largest absolute Gasteiger partial charge is 0.355 e. The number of nitrogens with zero attached hydrogens (tertiary/aromatic N) is 1. The summed E-state index contributed by atoms with van der Waals surface area (Å²) in [5.74, 6) is -4.30. The smallest absolute Gasteiger partial charge is 0.254 e. The zero-order valence-electron chi connectivity index (χ0n) is 20.5. The van der Waals surface area contributed by atoms with E-state index in [0.29, 0.717) is 6.54 Å². The van der Waals surface area contributed by atoms with Gasteiger partial charge in [0.15, 0.2) is 0 Å². The summed E-state index contributed by atoms with van der Waals surface area (Å²) in [4.78, 5) is 85.1. The van der Waals surface area contributed by atoms with Crippen molar-refractivity contribution in [2.45, 2.75) is 32.4 Å². The molecule has 5 N–H and O–H groups in total. The molecule has 0 radical (unpaired) electrons. The van der Waals surface area contributed by atoms with Crippen LogP contribution in [0.1, 0.15) is 19.4 Å². The fourth-order valence-electron chi connectivity index (χ4n) is 3.32. The van der Waals surface area contributed by atoms with Crippen molar-refractivity contribution in [1.29, 1.82) is 0 Å². The number of imide groups is 1. The third-order valence-electron chi connectivity index (χ3n) is 5.21. The number of rotatable bonds is 13. The zero-order valence-corrected chi connectivity index (χ0v) is 20.5. The van der Waals surface area contributed by atoms with Gasteiger partial charge in [0.25, 0.3) is 11.8 Å². The monoisotopic (exact) mass is 514 g/mol. The summed E-state index contributed by atoms with van der Waals surface area (Å²) in [6.07, 6.45) is 2.24. The van der Waals surface area contributed by atoms with Crippen molar-refractivity contribution in [2.75, 3.05) is 26.2 Å². The van der Waals surface area contributed by atoms with Crippen molar-refractivity contribution < 1.29 is 33.6 Å². The summed E-state index contributed by atoms with van der Waals surface area (Å²) in [7, 11) is 0. The van der Waals surface area contributed by atoms with Crippen LogP contribution in [-0.2, 0) is 40.0 Å². The second kappa shape index (κ2) is 14.1. The molecule has 0 fully saturated rings. The Kier molecular flexibility index (Phi) is 10.9. The summed E-state index contributed by atoms with van der Waals surface area (Å²) in [6.45, 7) is 2.25. The Morgan fingerprint density at radius 3 is 1.89 bits per heavy atom. The second-order valence-electron chi connectivity index (χ2n) is 8.03. The van der Waals surface area contributed by atoms with Crippen LogP contribution in [0.5, 0.6) is 0 Å². The summed E-state index contributed by atoms with van der Waals surface area (Å²) in [6, 6.07) is 6.79. The lowest BCUT2D eigenvalue weighted by molar-refractivity contribution is -0.144. The predicted molar refractivity (Wildman–Crippen MR) is 130 cm³/mol. The molecule has 0 saturated carbocycles. The quantitative estimate of drug-likeness (QED) is 0.180. The molecule has 0 saturated heterocycles. The third kappa shape index (κ3) is 9.20. The Morgan fingerprint density at radius 1 is 0.757 bits per heavy atom. The standard InChI is InChI=1S/C24H30N6O7/c1-3-25-18(31)12-28-24(37)17(11-16-7-5-4-6-8-16)29-20(33)14-26-19(32)13-27-23(36)15(2)30-21(34)9-10-22(30)35/h4-10,15,17H,3,11-14H2,1-2H3,(H,25,31)(H,26,32)(H,27,36)(H,28,37)(H,29,33)/t15?,17-/m0/s1. The highest BCUT2D eigenvalue weighted by molar-refractivity contribution is 6.15. The number of hydrogen-bond acceptors (Lipinski definition) is 7. The van der Waals surface area contributed by atoms with E-state index in [1.165, 1.54) is 6.92 Å². The minimum atomic E-state index is -1.12. The first-order valence-corrected chi connectivity index (χ1v) is 11.6. The van der Waals surface area contributed by atoms with Gasteiger partial charge in [0.2, 0.25) is 29.5 Å². The maximum absolute atomic E-state index is 12.6. The molecule has 1 aliphatic heterocycles. The van der Waals surface area contributed by atoms with Gasteiger partial charge >= 0.3 is 0 Å². The Morgan fingerprint density at radius 2 is 1.30 bits per heavy atom. The number of carbonyl (C=O) groups is 7. The molecule has 0 aromatic heterocycles. The highest BCUT2D eigenvalue weighted by Crippen LogP contribution is 2.09. The summed E-state index contributed by atoms with van der Waals surface area (Å²) in [5, 5.41) is 12.2. The van der Waals surface area contributed by atoms with E-state index in [1.807, 2.05) is 0 Å². The minimum absolute atomic E-state index is 0.151. The minimum Gasteiger partial charge on any atom is -0.355 e. The molecule has 0 spiro atoms. The summed E-state index contributed by atoms with van der Waals surface area (Å²) >= 11 is 0. The van der Waals surface area contributed by atoms with Crippen molar-refractivity contribution in [2.24, 2.45) is 0 Å². The highest BCUT2D eigenvalue weighted by atomic mass is 16.2. The molecule has 2 atom stereocenters. The normalized spacial score (nSPS) is 13.9. The van der Waals surface area contributed by atoms with Gasteiger partial charge in [-0.15, -0.1) is 0 Å². The van der Waals surface area contributed by atoms with E-state index >= 15 is 0 Å². The molecule has 1 heterocycles. The van der Waals surface area contributed by atoms with Crippen LogP contribution >= 0.6 is 0 Å². The predicted octanol–water partition coefficient (Wildman–Crippen LogP) is -2.49. The van der Waals surface area contributed by atoms with E-state index in [9.17, 15) is 33.6 Å². The van der Waals surface area contributed by atoms with Gasteiger partial charge in [-0.05, 0) is 19.4 Å². The number of hydrogen-bond donors (Lipinski definition) is 5. The average Bonchev–Trinajstić information content (AvgIpc) is 3.22. The van der Waals surface area contributed by atoms with Crippen LogP contribution in [0.2, 0.25) is 0 Å². The topological polar surface area (TPSA) is 183 Å². The van der Waals surface area contributed by atoms with Crippen molar-refractivity contribution in [3.8, 4) is 0 Å². The van der Waals surface area contributed by atoms with Crippen molar-refractivity contribution in [3.63, 3.8) is 0 Å². The van der Waals surface area contributed by atoms with Crippen molar-refractivity contribution >= 4 is 41.4 Å². The summed E-state index contributed by atoms with van der Waals surface area (Å²) in [5.41, 5.74) is 0.770. The van der Waals surface area contributed by atoms with Gasteiger partial charge in [-0.25, -0.2) is 0 Å². The van der Waals surface area contributed by atoms with Crippen LogP contribution < -0.4 is 26.6 Å². The number of amides is 7. The average molecular weight is 515 g/mol. The van der Waals surface area contributed by atoms with E-state index in [2.05, 4.69) is 26.6 Å². The summed E-state index contributed by atoms with van der Waals surface area (Å²) < 4.78 is 0. The van der Waals surface area contributed by atoms with Crippen molar-refractivity contribution in [3.05, 3.63) is 48.0 Å². The molecular formula is C24H30N6O7. The third-order valence-corrected chi connectivity index (χ3v) is 5.21. The Labute approximate surface area is 213 Å². The van der Waals surface area contributed by atoms with Gasteiger partial charge in [0.05, 0.1) is 19.6 Å². The molecule has 37 heavy (non-hydrogen) atoms. The van der Waals surface area contributed by atoms with E-state index in [0.717, 1.165) is 22.6 Å². The van der Waals surface area contributed by atoms with Gasteiger partial charge in [-0.1, -0.05) is 30.3 Å². The van der Waals surface area contributed by atoms with Gasteiger partial charge in [0, 0.05) is 25.1 Å². The number of likely N-dealkylation sites (N-methyl/N-ethyl adjacent to an activating group) is 1. The molecule has 0 bridgehead atoms. The molecule has 198 valence electrons. The van der Waals surface area contributed by atoms with E-state index in [1.54, 1.807) is 37.3 Å². The highest BCUT2D eigenvalue weighted by Gasteiger charge is 2.32. The molecular weight excluding hydrogens is 484 g/mol. The molecule has 1 aromatic carbocycles. The van der Waals surface area contributed by atoms with Crippen LogP contribution in [0, 0.1) is 0 Å². The molecule has 7 amide bonds. The fourth-order valence-corrected chi connectivity index (χ4v) is 3.32. The zero-order chi connectivity index (χ0) is 27.4. The first kappa shape index (κ1) is 28.7. The van der Waals surface area contributed by atoms with Crippen LogP contribution in [0.25, 0.3) is 0 Å². The van der Waals surface area contributed by atoms with Crippen LogP contribution in [0.4, 0.5) is 0 Å².